The number of benzene rings is 1. The summed E-state index contributed by atoms with van der Waals surface area (Å²) in [6.07, 6.45) is 1.92. The molecule has 1 aromatic rings. The zero-order valence-corrected chi connectivity index (χ0v) is 13.5. The van der Waals surface area contributed by atoms with E-state index in [1.807, 2.05) is 6.92 Å². The van der Waals surface area contributed by atoms with E-state index in [-0.39, 0.29) is 11.7 Å². The second-order valence-electron chi connectivity index (χ2n) is 6.07. The summed E-state index contributed by atoms with van der Waals surface area (Å²) in [5.74, 6) is 0.615. The van der Waals surface area contributed by atoms with Crippen molar-refractivity contribution in [3.63, 3.8) is 0 Å². The molecule has 2 N–H and O–H groups in total. The Labute approximate surface area is 131 Å². The van der Waals surface area contributed by atoms with Crippen molar-refractivity contribution in [2.75, 3.05) is 18.0 Å². The van der Waals surface area contributed by atoms with Crippen LogP contribution in [0.2, 0.25) is 0 Å². The fourth-order valence-corrected chi connectivity index (χ4v) is 2.59. The first-order valence-corrected chi connectivity index (χ1v) is 7.79. The van der Waals surface area contributed by atoms with Crippen molar-refractivity contribution < 1.29 is 14.3 Å². The molecule has 1 heterocycles. The SMILES string of the molecule is CCCN1C(=O)C(C)(C)Oc2ccc(C(=O)CCCN)cc21. The van der Waals surface area contributed by atoms with E-state index in [0.29, 0.717) is 42.9 Å². The minimum Gasteiger partial charge on any atom is -0.476 e. The highest BCUT2D eigenvalue weighted by Gasteiger charge is 2.40. The molecule has 120 valence electrons. The number of nitrogens with two attached hydrogens (primary N) is 1. The number of carbonyl (C=O) groups excluding carboxylic acids is 2. The number of ketones is 1. The van der Waals surface area contributed by atoms with Crippen LogP contribution < -0.4 is 15.4 Å². The van der Waals surface area contributed by atoms with Crippen molar-refractivity contribution >= 4 is 17.4 Å². The van der Waals surface area contributed by atoms with Crippen LogP contribution in [0, 0.1) is 0 Å². The van der Waals surface area contributed by atoms with Gasteiger partial charge in [-0.2, -0.15) is 0 Å². The third kappa shape index (κ3) is 3.14. The molecule has 0 saturated heterocycles. The molecule has 0 fully saturated rings. The highest BCUT2D eigenvalue weighted by atomic mass is 16.5. The number of ether oxygens (including phenoxy) is 1. The maximum atomic E-state index is 12.6. The minimum absolute atomic E-state index is 0.0435. The summed E-state index contributed by atoms with van der Waals surface area (Å²) >= 11 is 0. The van der Waals surface area contributed by atoms with Crippen LogP contribution in [0.25, 0.3) is 0 Å². The van der Waals surface area contributed by atoms with Gasteiger partial charge in [0.05, 0.1) is 5.69 Å². The molecule has 1 aromatic carbocycles. The summed E-state index contributed by atoms with van der Waals surface area (Å²) in [6, 6.07) is 5.30. The normalized spacial score (nSPS) is 16.2. The lowest BCUT2D eigenvalue weighted by atomic mass is 10.0. The second-order valence-corrected chi connectivity index (χ2v) is 6.07. The Morgan fingerprint density at radius 1 is 1.36 bits per heavy atom. The van der Waals surface area contributed by atoms with E-state index >= 15 is 0 Å². The Kier molecular flexibility index (Phi) is 4.86. The first kappa shape index (κ1) is 16.5. The van der Waals surface area contributed by atoms with Crippen molar-refractivity contribution in [2.45, 2.75) is 45.6 Å². The summed E-state index contributed by atoms with van der Waals surface area (Å²) in [7, 11) is 0. The van der Waals surface area contributed by atoms with E-state index in [0.717, 1.165) is 6.42 Å². The van der Waals surface area contributed by atoms with Crippen molar-refractivity contribution in [1.29, 1.82) is 0 Å². The lowest BCUT2D eigenvalue weighted by Crippen LogP contribution is -2.52. The minimum atomic E-state index is -0.882. The van der Waals surface area contributed by atoms with Crippen molar-refractivity contribution in [3.8, 4) is 5.75 Å². The van der Waals surface area contributed by atoms with E-state index in [1.165, 1.54) is 0 Å². The van der Waals surface area contributed by atoms with Gasteiger partial charge in [-0.15, -0.1) is 0 Å². The second kappa shape index (κ2) is 6.48. The van der Waals surface area contributed by atoms with Gasteiger partial charge in [0.15, 0.2) is 11.4 Å². The lowest BCUT2D eigenvalue weighted by Gasteiger charge is -2.38. The topological polar surface area (TPSA) is 72.6 Å². The molecule has 0 bridgehead atoms. The molecule has 0 radical (unpaired) electrons. The molecule has 0 unspecified atom stereocenters. The Hall–Kier alpha value is -1.88. The number of Topliss-reactive ketones (excluding diaryl/α,β-unsaturated/α-hetero) is 1. The third-order valence-electron chi connectivity index (χ3n) is 3.75. The zero-order chi connectivity index (χ0) is 16.3. The largest absolute Gasteiger partial charge is 0.476 e. The summed E-state index contributed by atoms with van der Waals surface area (Å²) in [5.41, 5.74) is 5.85. The molecule has 5 nitrogen and oxygen atoms in total. The van der Waals surface area contributed by atoms with Crippen LogP contribution in [0.15, 0.2) is 18.2 Å². The number of nitrogens with zero attached hydrogens (tertiary/aromatic N) is 1. The van der Waals surface area contributed by atoms with Gasteiger partial charge in [0, 0.05) is 18.5 Å². The Morgan fingerprint density at radius 2 is 2.09 bits per heavy atom. The van der Waals surface area contributed by atoms with Crippen LogP contribution in [0.3, 0.4) is 0 Å². The molecule has 5 heteroatoms. The highest BCUT2D eigenvalue weighted by molar-refractivity contribution is 6.04. The summed E-state index contributed by atoms with van der Waals surface area (Å²) in [5, 5.41) is 0. The number of hydrogen-bond donors (Lipinski definition) is 1. The maximum Gasteiger partial charge on any atom is 0.270 e. The fraction of sp³-hybridized carbons (Fsp3) is 0.529. The van der Waals surface area contributed by atoms with Gasteiger partial charge in [-0.3, -0.25) is 9.59 Å². The molecule has 1 amide bonds. The molecule has 22 heavy (non-hydrogen) atoms. The number of anilines is 1. The van der Waals surface area contributed by atoms with Crippen molar-refractivity contribution in [2.24, 2.45) is 5.73 Å². The first-order chi connectivity index (χ1) is 10.4. The lowest BCUT2D eigenvalue weighted by molar-refractivity contribution is -0.132. The molecular formula is C17H24N2O3. The zero-order valence-electron chi connectivity index (χ0n) is 13.5. The molecule has 1 aliphatic rings. The Balaban J connectivity index is 2.38. The highest BCUT2D eigenvalue weighted by Crippen LogP contribution is 2.38. The summed E-state index contributed by atoms with van der Waals surface area (Å²) < 4.78 is 5.80. The van der Waals surface area contributed by atoms with Crippen LogP contribution in [0.1, 0.15) is 50.4 Å². The van der Waals surface area contributed by atoms with E-state index < -0.39 is 5.60 Å². The molecule has 0 aromatic heterocycles. The molecular weight excluding hydrogens is 280 g/mol. The predicted octanol–water partition coefficient (Wildman–Crippen LogP) is 2.52. The summed E-state index contributed by atoms with van der Waals surface area (Å²) in [6.45, 7) is 6.65. The van der Waals surface area contributed by atoms with Gasteiger partial charge in [-0.25, -0.2) is 0 Å². The average molecular weight is 304 g/mol. The molecule has 0 aliphatic carbocycles. The standard InChI is InChI=1S/C17H24N2O3/c1-4-10-19-13-11-12(14(20)6-5-9-18)7-8-15(13)22-17(2,3)16(19)21/h7-8,11H,4-6,9-10,18H2,1-3H3. The van der Waals surface area contributed by atoms with Gasteiger partial charge in [-0.05, 0) is 51.4 Å². The van der Waals surface area contributed by atoms with Gasteiger partial charge in [0.25, 0.3) is 5.91 Å². The van der Waals surface area contributed by atoms with E-state index in [1.54, 1.807) is 36.9 Å². The number of fused-ring (bicyclic) bond motifs is 1. The molecule has 0 saturated carbocycles. The van der Waals surface area contributed by atoms with Crippen LogP contribution in [0.5, 0.6) is 5.75 Å². The van der Waals surface area contributed by atoms with Crippen LogP contribution in [-0.2, 0) is 4.79 Å². The Bertz CT molecular complexity index is 581. The molecule has 0 atom stereocenters. The predicted molar refractivity (Wildman–Crippen MR) is 86.4 cm³/mol. The first-order valence-electron chi connectivity index (χ1n) is 7.79. The maximum absolute atomic E-state index is 12.6. The number of carbonyl (C=O) groups is 2. The quantitative estimate of drug-likeness (QED) is 0.820. The van der Waals surface area contributed by atoms with E-state index in [9.17, 15) is 9.59 Å². The average Bonchev–Trinajstić information content (AvgIpc) is 2.49. The smallest absolute Gasteiger partial charge is 0.270 e. The van der Waals surface area contributed by atoms with Gasteiger partial charge >= 0.3 is 0 Å². The molecule has 2 rings (SSSR count). The van der Waals surface area contributed by atoms with Crippen LogP contribution >= 0.6 is 0 Å². The number of hydrogen-bond acceptors (Lipinski definition) is 4. The fourth-order valence-electron chi connectivity index (χ4n) is 2.59. The van der Waals surface area contributed by atoms with Gasteiger partial charge in [0.1, 0.15) is 5.75 Å². The van der Waals surface area contributed by atoms with Gasteiger partial charge < -0.3 is 15.4 Å². The van der Waals surface area contributed by atoms with Gasteiger partial charge in [0.2, 0.25) is 0 Å². The van der Waals surface area contributed by atoms with Crippen molar-refractivity contribution in [3.05, 3.63) is 23.8 Å². The van der Waals surface area contributed by atoms with Crippen LogP contribution in [0.4, 0.5) is 5.69 Å². The number of amides is 1. The van der Waals surface area contributed by atoms with Gasteiger partial charge in [-0.1, -0.05) is 6.92 Å². The third-order valence-corrected chi connectivity index (χ3v) is 3.75. The Morgan fingerprint density at radius 3 is 2.73 bits per heavy atom. The summed E-state index contributed by atoms with van der Waals surface area (Å²) in [4.78, 5) is 26.4. The molecule has 1 aliphatic heterocycles. The molecule has 0 spiro atoms. The van der Waals surface area contributed by atoms with Crippen LogP contribution in [-0.4, -0.2) is 30.4 Å². The van der Waals surface area contributed by atoms with Crippen molar-refractivity contribution in [1.82, 2.24) is 0 Å². The number of rotatable bonds is 6. The van der Waals surface area contributed by atoms with E-state index in [2.05, 4.69) is 0 Å². The monoisotopic (exact) mass is 304 g/mol. The van der Waals surface area contributed by atoms with E-state index in [4.69, 9.17) is 10.5 Å².